The van der Waals surface area contributed by atoms with Gasteiger partial charge in [0.25, 0.3) is 0 Å². The Bertz CT molecular complexity index is 487. The van der Waals surface area contributed by atoms with E-state index < -0.39 is 17.3 Å². The van der Waals surface area contributed by atoms with Crippen LogP contribution in [-0.4, -0.2) is 21.4 Å². The molecule has 7 heteroatoms. The van der Waals surface area contributed by atoms with Gasteiger partial charge in [0.2, 0.25) is 0 Å². The Morgan fingerprint density at radius 1 is 1.43 bits per heavy atom. The third kappa shape index (κ3) is 5.05. The molecule has 1 atom stereocenters. The SMILES string of the molecule is CCC(C#N)(CCCn1cc(C(F)(F)F)cn1)NC(C)C. The summed E-state index contributed by atoms with van der Waals surface area (Å²) < 4.78 is 38.7. The van der Waals surface area contributed by atoms with Gasteiger partial charge in [0, 0.05) is 18.8 Å². The summed E-state index contributed by atoms with van der Waals surface area (Å²) in [5.41, 5.74) is -1.38. The molecule has 0 amide bonds. The van der Waals surface area contributed by atoms with Crippen LogP contribution in [0.3, 0.4) is 0 Å². The Hall–Kier alpha value is -1.55. The van der Waals surface area contributed by atoms with Crippen LogP contribution in [0.1, 0.15) is 45.6 Å². The molecule has 0 bridgehead atoms. The molecule has 0 aliphatic carbocycles. The first-order chi connectivity index (χ1) is 9.72. The molecular weight excluding hydrogens is 281 g/mol. The number of aromatic nitrogens is 2. The Kier molecular flexibility index (Phi) is 5.78. The minimum absolute atomic E-state index is 0.172. The molecule has 1 aromatic heterocycles. The molecule has 118 valence electrons. The van der Waals surface area contributed by atoms with Crippen LogP contribution >= 0.6 is 0 Å². The quantitative estimate of drug-likeness (QED) is 0.840. The van der Waals surface area contributed by atoms with Crippen LogP contribution in [0.2, 0.25) is 0 Å². The smallest absolute Gasteiger partial charge is 0.297 e. The van der Waals surface area contributed by atoms with Crippen LogP contribution in [-0.2, 0) is 12.7 Å². The van der Waals surface area contributed by atoms with Crippen LogP contribution in [0.25, 0.3) is 0 Å². The van der Waals surface area contributed by atoms with Crippen LogP contribution in [0.4, 0.5) is 13.2 Å². The summed E-state index contributed by atoms with van der Waals surface area (Å²) in [5.74, 6) is 0. The molecule has 0 radical (unpaired) electrons. The van der Waals surface area contributed by atoms with E-state index in [4.69, 9.17) is 0 Å². The molecule has 1 heterocycles. The maximum Gasteiger partial charge on any atom is 0.419 e. The topological polar surface area (TPSA) is 53.6 Å². The normalized spacial score (nSPS) is 15.0. The average Bonchev–Trinajstić information content (AvgIpc) is 2.85. The number of hydrogen-bond acceptors (Lipinski definition) is 3. The molecule has 1 rings (SSSR count). The van der Waals surface area contributed by atoms with Gasteiger partial charge in [-0.25, -0.2) is 0 Å². The van der Waals surface area contributed by atoms with Gasteiger partial charge in [-0.1, -0.05) is 6.92 Å². The number of alkyl halides is 3. The highest BCUT2D eigenvalue weighted by Gasteiger charge is 2.32. The fourth-order valence-electron chi connectivity index (χ4n) is 2.25. The molecule has 0 saturated carbocycles. The number of rotatable bonds is 7. The second kappa shape index (κ2) is 6.94. The Morgan fingerprint density at radius 2 is 2.10 bits per heavy atom. The average molecular weight is 302 g/mol. The molecule has 21 heavy (non-hydrogen) atoms. The van der Waals surface area contributed by atoms with E-state index in [-0.39, 0.29) is 6.04 Å². The van der Waals surface area contributed by atoms with Gasteiger partial charge in [0.15, 0.2) is 0 Å². The maximum atomic E-state index is 12.5. The van der Waals surface area contributed by atoms with Gasteiger partial charge in [0.05, 0.1) is 17.8 Å². The Balaban J connectivity index is 2.59. The lowest BCUT2D eigenvalue weighted by Crippen LogP contribution is -2.47. The van der Waals surface area contributed by atoms with Gasteiger partial charge in [-0.15, -0.1) is 0 Å². The third-order valence-corrected chi connectivity index (χ3v) is 3.33. The van der Waals surface area contributed by atoms with Gasteiger partial charge in [-0.05, 0) is 33.1 Å². The van der Waals surface area contributed by atoms with E-state index in [0.717, 1.165) is 12.4 Å². The highest BCUT2D eigenvalue weighted by Crippen LogP contribution is 2.28. The number of nitrogens with zero attached hydrogens (tertiary/aromatic N) is 3. The monoisotopic (exact) mass is 302 g/mol. The van der Waals surface area contributed by atoms with Crippen molar-refractivity contribution in [1.82, 2.24) is 15.1 Å². The lowest BCUT2D eigenvalue weighted by molar-refractivity contribution is -0.137. The van der Waals surface area contributed by atoms with Crippen molar-refractivity contribution in [2.45, 2.75) is 64.3 Å². The van der Waals surface area contributed by atoms with Gasteiger partial charge < -0.3 is 0 Å². The second-order valence-corrected chi connectivity index (χ2v) is 5.44. The Morgan fingerprint density at radius 3 is 2.52 bits per heavy atom. The number of nitriles is 1. The zero-order valence-corrected chi connectivity index (χ0v) is 12.5. The maximum absolute atomic E-state index is 12.5. The lowest BCUT2D eigenvalue weighted by Gasteiger charge is -2.29. The molecule has 1 unspecified atom stereocenters. The van der Waals surface area contributed by atoms with E-state index in [0.29, 0.717) is 25.8 Å². The molecule has 0 spiro atoms. The molecule has 0 fully saturated rings. The predicted octanol–water partition coefficient (Wildman–Crippen LogP) is 3.35. The van der Waals surface area contributed by atoms with Gasteiger partial charge in [-0.2, -0.15) is 23.5 Å². The Labute approximate surface area is 122 Å². The zero-order valence-electron chi connectivity index (χ0n) is 12.5. The lowest BCUT2D eigenvalue weighted by atomic mass is 9.91. The fraction of sp³-hybridized carbons (Fsp3) is 0.714. The summed E-state index contributed by atoms with van der Waals surface area (Å²) in [6, 6.07) is 2.46. The molecule has 0 aromatic carbocycles. The van der Waals surface area contributed by atoms with Crippen molar-refractivity contribution in [3.8, 4) is 6.07 Å². The van der Waals surface area contributed by atoms with Gasteiger partial charge >= 0.3 is 6.18 Å². The summed E-state index contributed by atoms with van der Waals surface area (Å²) in [6.07, 6.45) is -0.745. The number of halogens is 3. The summed E-state index contributed by atoms with van der Waals surface area (Å²) in [4.78, 5) is 0. The van der Waals surface area contributed by atoms with Crippen molar-refractivity contribution in [3.05, 3.63) is 18.0 Å². The van der Waals surface area contributed by atoms with Crippen molar-refractivity contribution in [2.24, 2.45) is 0 Å². The molecule has 1 aromatic rings. The van der Waals surface area contributed by atoms with E-state index in [2.05, 4.69) is 16.5 Å². The molecular formula is C14H21F3N4. The number of aryl methyl sites for hydroxylation is 1. The van der Waals surface area contributed by atoms with Crippen molar-refractivity contribution >= 4 is 0 Å². The molecule has 1 N–H and O–H groups in total. The van der Waals surface area contributed by atoms with E-state index in [9.17, 15) is 18.4 Å². The van der Waals surface area contributed by atoms with Gasteiger partial charge in [0.1, 0.15) is 5.54 Å². The first kappa shape index (κ1) is 17.5. The summed E-state index contributed by atoms with van der Waals surface area (Å²) in [6.45, 7) is 6.21. The van der Waals surface area contributed by atoms with E-state index in [1.807, 2.05) is 20.8 Å². The van der Waals surface area contributed by atoms with E-state index in [1.165, 1.54) is 4.68 Å². The highest BCUT2D eigenvalue weighted by molar-refractivity contribution is 5.09. The first-order valence-electron chi connectivity index (χ1n) is 7.01. The number of nitrogens with one attached hydrogen (secondary N) is 1. The van der Waals surface area contributed by atoms with Crippen LogP contribution in [0, 0.1) is 11.3 Å². The summed E-state index contributed by atoms with van der Waals surface area (Å²) >= 11 is 0. The van der Waals surface area contributed by atoms with Crippen molar-refractivity contribution in [1.29, 1.82) is 5.26 Å². The summed E-state index contributed by atoms with van der Waals surface area (Å²) in [5, 5.41) is 16.3. The van der Waals surface area contributed by atoms with Crippen LogP contribution in [0.5, 0.6) is 0 Å². The predicted molar refractivity (Wildman–Crippen MR) is 73.4 cm³/mol. The van der Waals surface area contributed by atoms with Gasteiger partial charge in [-0.3, -0.25) is 10.00 Å². The standard InChI is InChI=1S/C14H21F3N4/c1-4-13(10-18,20-11(2)3)6-5-7-21-9-12(8-19-21)14(15,16)17/h8-9,11,20H,4-7H2,1-3H3. The van der Waals surface area contributed by atoms with Crippen molar-refractivity contribution in [2.75, 3.05) is 0 Å². The molecule has 0 aliphatic rings. The zero-order chi connectivity index (χ0) is 16.1. The largest absolute Gasteiger partial charge is 0.419 e. The van der Waals surface area contributed by atoms with Crippen molar-refractivity contribution < 1.29 is 13.2 Å². The van der Waals surface area contributed by atoms with Crippen LogP contribution < -0.4 is 5.32 Å². The highest BCUT2D eigenvalue weighted by atomic mass is 19.4. The van der Waals surface area contributed by atoms with E-state index >= 15 is 0 Å². The second-order valence-electron chi connectivity index (χ2n) is 5.44. The van der Waals surface area contributed by atoms with Crippen molar-refractivity contribution in [3.63, 3.8) is 0 Å². The first-order valence-corrected chi connectivity index (χ1v) is 7.01. The fourth-order valence-corrected chi connectivity index (χ4v) is 2.25. The summed E-state index contributed by atoms with van der Waals surface area (Å²) in [7, 11) is 0. The third-order valence-electron chi connectivity index (χ3n) is 3.33. The number of hydrogen-bond donors (Lipinski definition) is 1. The van der Waals surface area contributed by atoms with Crippen LogP contribution in [0.15, 0.2) is 12.4 Å². The molecule has 0 aliphatic heterocycles. The molecule has 4 nitrogen and oxygen atoms in total. The minimum atomic E-state index is -4.36. The molecule has 0 saturated heterocycles. The minimum Gasteiger partial charge on any atom is -0.297 e. The van der Waals surface area contributed by atoms with E-state index in [1.54, 1.807) is 0 Å².